The average molecular weight is 361 g/mol. The normalized spacial score (nSPS) is 14.5. The van der Waals surface area contributed by atoms with Crippen molar-refractivity contribution >= 4 is 12.1 Å². The fourth-order valence-electron chi connectivity index (χ4n) is 3.70. The molecule has 0 aliphatic heterocycles. The SMILES string of the molecule is CC(C)CC(CC(C)C)(C(=O)O)N(C(=O)OCc1ccccc1)C1CC1. The van der Waals surface area contributed by atoms with E-state index in [4.69, 9.17) is 4.74 Å². The summed E-state index contributed by atoms with van der Waals surface area (Å²) in [6.45, 7) is 8.15. The minimum atomic E-state index is -1.21. The van der Waals surface area contributed by atoms with Gasteiger partial charge in [-0.3, -0.25) is 4.90 Å². The van der Waals surface area contributed by atoms with Crippen molar-refractivity contribution < 1.29 is 19.4 Å². The maximum absolute atomic E-state index is 13.0. The lowest BCUT2D eigenvalue weighted by Crippen LogP contribution is -2.59. The third-order valence-electron chi connectivity index (χ3n) is 4.66. The van der Waals surface area contributed by atoms with Gasteiger partial charge in [-0.25, -0.2) is 9.59 Å². The summed E-state index contributed by atoms with van der Waals surface area (Å²) < 4.78 is 5.53. The van der Waals surface area contributed by atoms with E-state index >= 15 is 0 Å². The minimum Gasteiger partial charge on any atom is -0.479 e. The van der Waals surface area contributed by atoms with Crippen LogP contribution in [0, 0.1) is 11.8 Å². The first-order valence-corrected chi connectivity index (χ1v) is 9.49. The van der Waals surface area contributed by atoms with Crippen LogP contribution in [0.3, 0.4) is 0 Å². The Morgan fingerprint density at radius 1 is 1.12 bits per heavy atom. The van der Waals surface area contributed by atoms with Crippen LogP contribution < -0.4 is 0 Å². The topological polar surface area (TPSA) is 66.8 Å². The lowest BCUT2D eigenvalue weighted by atomic mass is 9.80. The molecule has 5 nitrogen and oxygen atoms in total. The van der Waals surface area contributed by atoms with E-state index in [2.05, 4.69) is 0 Å². The molecule has 2 rings (SSSR count). The van der Waals surface area contributed by atoms with Crippen molar-refractivity contribution in [2.45, 2.75) is 71.6 Å². The molecule has 1 aliphatic rings. The number of ether oxygens (including phenoxy) is 1. The number of rotatable bonds is 9. The number of hydrogen-bond acceptors (Lipinski definition) is 3. The Labute approximate surface area is 156 Å². The molecule has 0 atom stereocenters. The molecule has 0 unspecified atom stereocenters. The third-order valence-corrected chi connectivity index (χ3v) is 4.66. The number of aliphatic carboxylic acids is 1. The van der Waals surface area contributed by atoms with Crippen molar-refractivity contribution in [1.29, 1.82) is 0 Å². The van der Waals surface area contributed by atoms with Crippen molar-refractivity contribution in [3.63, 3.8) is 0 Å². The van der Waals surface area contributed by atoms with Gasteiger partial charge in [0.15, 0.2) is 0 Å². The summed E-state index contributed by atoms with van der Waals surface area (Å²) in [5, 5.41) is 10.2. The van der Waals surface area contributed by atoms with Crippen LogP contribution in [0.5, 0.6) is 0 Å². The van der Waals surface area contributed by atoms with Crippen LogP contribution in [0.15, 0.2) is 30.3 Å². The second-order valence-corrected chi connectivity index (χ2v) is 8.17. The number of carbonyl (C=O) groups is 2. The molecule has 1 amide bonds. The van der Waals surface area contributed by atoms with Crippen LogP contribution in [0.4, 0.5) is 4.79 Å². The van der Waals surface area contributed by atoms with E-state index in [9.17, 15) is 14.7 Å². The Kier molecular flexibility index (Phi) is 6.68. The zero-order chi connectivity index (χ0) is 19.3. The number of benzene rings is 1. The van der Waals surface area contributed by atoms with Gasteiger partial charge in [0.1, 0.15) is 12.1 Å². The quantitative estimate of drug-likeness (QED) is 0.692. The molecule has 26 heavy (non-hydrogen) atoms. The molecule has 0 saturated heterocycles. The van der Waals surface area contributed by atoms with E-state index in [0.29, 0.717) is 12.8 Å². The van der Waals surface area contributed by atoms with Gasteiger partial charge < -0.3 is 9.84 Å². The van der Waals surface area contributed by atoms with Crippen LogP contribution >= 0.6 is 0 Å². The van der Waals surface area contributed by atoms with E-state index in [-0.39, 0.29) is 24.5 Å². The molecule has 1 aliphatic carbocycles. The highest BCUT2D eigenvalue weighted by Gasteiger charge is 2.53. The molecular weight excluding hydrogens is 330 g/mol. The van der Waals surface area contributed by atoms with Gasteiger partial charge in [-0.05, 0) is 43.1 Å². The van der Waals surface area contributed by atoms with Gasteiger partial charge in [-0.2, -0.15) is 0 Å². The fourth-order valence-corrected chi connectivity index (χ4v) is 3.70. The van der Waals surface area contributed by atoms with Crippen molar-refractivity contribution in [3.05, 3.63) is 35.9 Å². The van der Waals surface area contributed by atoms with E-state index in [0.717, 1.165) is 18.4 Å². The highest BCUT2D eigenvalue weighted by atomic mass is 16.6. The standard InChI is InChI=1S/C21H31NO4/c1-15(2)12-21(19(23)24,13-16(3)4)22(18-10-11-18)20(25)26-14-17-8-6-5-7-9-17/h5-9,15-16,18H,10-14H2,1-4H3,(H,23,24). The molecule has 144 valence electrons. The van der Waals surface area contributed by atoms with Gasteiger partial charge in [0.25, 0.3) is 0 Å². The third kappa shape index (κ3) is 4.99. The fraction of sp³-hybridized carbons (Fsp3) is 0.619. The molecule has 1 saturated carbocycles. The van der Waals surface area contributed by atoms with Crippen LogP contribution in [-0.4, -0.2) is 33.6 Å². The van der Waals surface area contributed by atoms with Gasteiger partial charge in [0.05, 0.1) is 0 Å². The summed E-state index contributed by atoms with van der Waals surface area (Å²) in [6, 6.07) is 9.43. The lowest BCUT2D eigenvalue weighted by molar-refractivity contribution is -0.154. The first-order chi connectivity index (χ1) is 12.3. The number of nitrogens with zero attached hydrogens (tertiary/aromatic N) is 1. The van der Waals surface area contributed by atoms with Gasteiger partial charge in [0, 0.05) is 6.04 Å². The van der Waals surface area contributed by atoms with Crippen LogP contribution in [0.2, 0.25) is 0 Å². The van der Waals surface area contributed by atoms with E-state index in [1.165, 1.54) is 4.90 Å². The second-order valence-electron chi connectivity index (χ2n) is 8.17. The number of carboxylic acids is 1. The minimum absolute atomic E-state index is 0.0353. The molecule has 0 bridgehead atoms. The van der Waals surface area contributed by atoms with Crippen LogP contribution in [-0.2, 0) is 16.1 Å². The molecule has 1 N–H and O–H groups in total. The second kappa shape index (κ2) is 8.56. The Morgan fingerprint density at radius 2 is 1.65 bits per heavy atom. The summed E-state index contributed by atoms with van der Waals surface area (Å²) >= 11 is 0. The predicted molar refractivity (Wildman–Crippen MR) is 101 cm³/mol. The van der Waals surface area contributed by atoms with E-state index in [1.54, 1.807) is 0 Å². The smallest absolute Gasteiger partial charge is 0.411 e. The van der Waals surface area contributed by atoms with Crippen molar-refractivity contribution in [3.8, 4) is 0 Å². The number of hydrogen-bond donors (Lipinski definition) is 1. The number of amides is 1. The van der Waals surface area contributed by atoms with Gasteiger partial charge in [-0.1, -0.05) is 58.0 Å². The molecule has 5 heteroatoms. The molecular formula is C21H31NO4. The molecule has 0 heterocycles. The molecule has 1 fully saturated rings. The Balaban J connectivity index is 2.26. The summed E-state index contributed by atoms with van der Waals surface area (Å²) in [5.74, 6) is -0.607. The average Bonchev–Trinajstić information content (AvgIpc) is 3.37. The zero-order valence-electron chi connectivity index (χ0n) is 16.3. The van der Waals surface area contributed by atoms with Crippen molar-refractivity contribution in [1.82, 2.24) is 4.90 Å². The Hall–Kier alpha value is -2.04. The van der Waals surface area contributed by atoms with Gasteiger partial charge in [0.2, 0.25) is 0 Å². The lowest BCUT2D eigenvalue weighted by Gasteiger charge is -2.42. The highest BCUT2D eigenvalue weighted by Crippen LogP contribution is 2.40. The maximum atomic E-state index is 13.0. The van der Waals surface area contributed by atoms with E-state index < -0.39 is 17.6 Å². The molecule has 1 aromatic carbocycles. The summed E-state index contributed by atoms with van der Waals surface area (Å²) in [6.07, 6.45) is 2.02. The first-order valence-electron chi connectivity index (χ1n) is 9.49. The summed E-state index contributed by atoms with van der Waals surface area (Å²) in [4.78, 5) is 26.9. The predicted octanol–water partition coefficient (Wildman–Crippen LogP) is 4.70. The van der Waals surface area contributed by atoms with Gasteiger partial charge >= 0.3 is 12.1 Å². The molecule has 0 radical (unpaired) electrons. The van der Waals surface area contributed by atoms with Crippen molar-refractivity contribution in [2.75, 3.05) is 0 Å². The Bertz CT molecular complexity index is 598. The number of carbonyl (C=O) groups excluding carboxylic acids is 1. The first kappa shape index (κ1) is 20.3. The summed E-state index contributed by atoms with van der Waals surface area (Å²) in [7, 11) is 0. The molecule has 0 aromatic heterocycles. The van der Waals surface area contributed by atoms with Crippen LogP contribution in [0.1, 0.15) is 58.9 Å². The largest absolute Gasteiger partial charge is 0.479 e. The molecule has 0 spiro atoms. The van der Waals surface area contributed by atoms with E-state index in [1.807, 2.05) is 58.0 Å². The van der Waals surface area contributed by atoms with Crippen molar-refractivity contribution in [2.24, 2.45) is 11.8 Å². The number of carboxylic acid groups (broad SMARTS) is 1. The monoisotopic (exact) mass is 361 g/mol. The summed E-state index contributed by atoms with van der Waals surface area (Å²) in [5.41, 5.74) is -0.317. The van der Waals surface area contributed by atoms with Crippen LogP contribution in [0.25, 0.3) is 0 Å². The molecule has 1 aromatic rings. The maximum Gasteiger partial charge on any atom is 0.411 e. The zero-order valence-corrected chi connectivity index (χ0v) is 16.3. The highest BCUT2D eigenvalue weighted by molar-refractivity contribution is 5.85. The van der Waals surface area contributed by atoms with Gasteiger partial charge in [-0.15, -0.1) is 0 Å². The Morgan fingerprint density at radius 3 is 2.08 bits per heavy atom.